The van der Waals surface area contributed by atoms with Gasteiger partial charge in [0.05, 0.1) is 22.9 Å². The van der Waals surface area contributed by atoms with E-state index >= 15 is 0 Å². The van der Waals surface area contributed by atoms with Gasteiger partial charge in [-0.25, -0.2) is 9.97 Å². The van der Waals surface area contributed by atoms with Crippen LogP contribution in [0.3, 0.4) is 0 Å². The lowest BCUT2D eigenvalue weighted by molar-refractivity contribution is 0.404. The van der Waals surface area contributed by atoms with Crippen LogP contribution in [0, 0.1) is 0 Å². The molecule has 0 aliphatic heterocycles. The Morgan fingerprint density at radius 1 is 1.04 bits per heavy atom. The van der Waals surface area contributed by atoms with Gasteiger partial charge in [-0.1, -0.05) is 12.1 Å². The molecule has 0 spiro atoms. The molecule has 0 saturated carbocycles. The molecule has 2 aromatic carbocycles. The first kappa shape index (κ1) is 13.4. The minimum atomic E-state index is -0.162. The summed E-state index contributed by atoms with van der Waals surface area (Å²) in [5.41, 5.74) is 4.03. The molecule has 4 aromatic rings. The second-order valence-electron chi connectivity index (χ2n) is 5.21. The smallest absolute Gasteiger partial charge is 0.181 e. The molecule has 2 aromatic heterocycles. The van der Waals surface area contributed by atoms with Crippen LogP contribution in [0.2, 0.25) is 0 Å². The van der Waals surface area contributed by atoms with Crippen molar-refractivity contribution in [2.75, 3.05) is 12.4 Å². The van der Waals surface area contributed by atoms with Crippen LogP contribution >= 0.6 is 0 Å². The summed E-state index contributed by atoms with van der Waals surface area (Å²) >= 11 is 0. The molecule has 0 amide bonds. The minimum absolute atomic E-state index is 0.148. The van der Waals surface area contributed by atoms with E-state index in [1.54, 1.807) is 19.3 Å². The van der Waals surface area contributed by atoms with Gasteiger partial charge in [-0.05, 0) is 30.3 Å². The molecule has 114 valence electrons. The molecule has 0 aliphatic rings. The quantitative estimate of drug-likeness (QED) is 0.496. The summed E-state index contributed by atoms with van der Waals surface area (Å²) in [5, 5.41) is 22.4. The maximum absolute atomic E-state index is 9.78. The van der Waals surface area contributed by atoms with Crippen LogP contribution in [-0.4, -0.2) is 31.6 Å². The fourth-order valence-electron chi connectivity index (χ4n) is 2.74. The van der Waals surface area contributed by atoms with Crippen LogP contribution in [0.1, 0.15) is 0 Å². The lowest BCUT2D eigenvalue weighted by Gasteiger charge is -2.10. The van der Waals surface area contributed by atoms with Gasteiger partial charge in [0, 0.05) is 12.6 Å². The summed E-state index contributed by atoms with van der Waals surface area (Å²) in [6.07, 6.45) is 1.73. The maximum atomic E-state index is 9.78. The number of anilines is 1. The van der Waals surface area contributed by atoms with Gasteiger partial charge in [0.1, 0.15) is 0 Å². The Morgan fingerprint density at radius 2 is 1.87 bits per heavy atom. The summed E-state index contributed by atoms with van der Waals surface area (Å²) in [5.74, 6) is 0.368. The second kappa shape index (κ2) is 4.88. The van der Waals surface area contributed by atoms with E-state index in [4.69, 9.17) is 0 Å². The van der Waals surface area contributed by atoms with Crippen molar-refractivity contribution in [3.8, 4) is 22.8 Å². The van der Waals surface area contributed by atoms with E-state index < -0.39 is 0 Å². The Hall–Kier alpha value is -3.28. The molecule has 0 fully saturated rings. The number of aromatic hydroxyl groups is 2. The molecule has 6 heteroatoms. The third-order valence-electron chi connectivity index (χ3n) is 3.84. The Kier molecular flexibility index (Phi) is 2.84. The first-order valence-corrected chi connectivity index (χ1v) is 7.15. The number of aromatic nitrogens is 3. The summed E-state index contributed by atoms with van der Waals surface area (Å²) < 4.78 is 1.99. The number of para-hydroxylation sites is 2. The zero-order chi connectivity index (χ0) is 16.0. The molecule has 0 atom stereocenters. The van der Waals surface area contributed by atoms with Gasteiger partial charge in [-0.2, -0.15) is 0 Å². The normalized spacial score (nSPS) is 11.2. The Morgan fingerprint density at radius 3 is 2.65 bits per heavy atom. The Bertz CT molecular complexity index is 1040. The Balaban J connectivity index is 2.12. The van der Waals surface area contributed by atoms with E-state index in [9.17, 15) is 10.2 Å². The predicted molar refractivity (Wildman–Crippen MR) is 88.8 cm³/mol. The van der Waals surface area contributed by atoms with Crippen LogP contribution in [0.5, 0.6) is 11.5 Å². The van der Waals surface area contributed by atoms with Crippen molar-refractivity contribution < 1.29 is 10.2 Å². The molecule has 3 N–H and O–H groups in total. The molecule has 6 nitrogen and oxygen atoms in total. The zero-order valence-corrected chi connectivity index (χ0v) is 12.4. The van der Waals surface area contributed by atoms with E-state index in [0.29, 0.717) is 11.5 Å². The van der Waals surface area contributed by atoms with E-state index in [-0.39, 0.29) is 11.5 Å². The number of nitrogens with zero attached hydrogens (tertiary/aromatic N) is 3. The Labute approximate surface area is 131 Å². The number of phenolic OH excluding ortho intramolecular Hbond substituents is 2. The summed E-state index contributed by atoms with van der Waals surface area (Å²) in [6.45, 7) is 0. The lowest BCUT2D eigenvalue weighted by Crippen LogP contribution is -2.00. The van der Waals surface area contributed by atoms with E-state index in [0.717, 1.165) is 22.3 Å². The highest BCUT2D eigenvalue weighted by Crippen LogP contribution is 2.33. The topological polar surface area (TPSA) is 82.7 Å². The number of hydrogen-bond acceptors (Lipinski definition) is 5. The molecule has 0 unspecified atom stereocenters. The van der Waals surface area contributed by atoms with Gasteiger partial charge in [0.15, 0.2) is 23.0 Å². The predicted octanol–water partition coefficient (Wildman–Crippen LogP) is 3.00. The largest absolute Gasteiger partial charge is 0.504 e. The van der Waals surface area contributed by atoms with Gasteiger partial charge in [-0.3, -0.25) is 4.40 Å². The molecular weight excluding hydrogens is 292 g/mol. The summed E-state index contributed by atoms with van der Waals surface area (Å²) in [4.78, 5) is 9.04. The van der Waals surface area contributed by atoms with E-state index in [1.165, 1.54) is 12.1 Å². The van der Waals surface area contributed by atoms with Crippen LogP contribution < -0.4 is 5.32 Å². The van der Waals surface area contributed by atoms with Crippen molar-refractivity contribution in [2.45, 2.75) is 0 Å². The third kappa shape index (κ3) is 1.96. The van der Waals surface area contributed by atoms with Crippen molar-refractivity contribution in [1.29, 1.82) is 0 Å². The first-order valence-electron chi connectivity index (χ1n) is 7.15. The van der Waals surface area contributed by atoms with Gasteiger partial charge in [-0.15, -0.1) is 0 Å². The fraction of sp³-hybridized carbons (Fsp3) is 0.0588. The van der Waals surface area contributed by atoms with Crippen LogP contribution in [0.25, 0.3) is 27.9 Å². The number of fused-ring (bicyclic) bond motifs is 3. The van der Waals surface area contributed by atoms with Gasteiger partial charge >= 0.3 is 0 Å². The number of rotatable bonds is 2. The van der Waals surface area contributed by atoms with Crippen LogP contribution in [0.4, 0.5) is 5.82 Å². The number of imidazole rings is 1. The molecule has 23 heavy (non-hydrogen) atoms. The van der Waals surface area contributed by atoms with Crippen molar-refractivity contribution in [1.82, 2.24) is 14.4 Å². The van der Waals surface area contributed by atoms with Crippen molar-refractivity contribution in [3.05, 3.63) is 48.7 Å². The number of benzene rings is 2. The van der Waals surface area contributed by atoms with Gasteiger partial charge in [0.2, 0.25) is 0 Å². The minimum Gasteiger partial charge on any atom is -0.504 e. The molecular formula is C17H14N4O2. The van der Waals surface area contributed by atoms with Gasteiger partial charge < -0.3 is 15.5 Å². The SMILES string of the molecule is CNc1nc2ccccc2n2c(-c3ccc(O)c(O)c3)cnc12. The number of phenols is 2. The number of hydrogen-bond donors (Lipinski definition) is 3. The fourth-order valence-corrected chi connectivity index (χ4v) is 2.74. The average Bonchev–Trinajstić information content (AvgIpc) is 3.02. The highest BCUT2D eigenvalue weighted by Gasteiger charge is 2.14. The molecule has 0 bridgehead atoms. The van der Waals surface area contributed by atoms with Crippen LogP contribution in [0.15, 0.2) is 48.7 Å². The maximum Gasteiger partial charge on any atom is 0.181 e. The third-order valence-corrected chi connectivity index (χ3v) is 3.84. The number of nitrogens with one attached hydrogen (secondary N) is 1. The molecule has 0 saturated heterocycles. The molecule has 2 heterocycles. The van der Waals surface area contributed by atoms with Crippen LogP contribution in [-0.2, 0) is 0 Å². The zero-order valence-electron chi connectivity index (χ0n) is 12.4. The van der Waals surface area contributed by atoms with E-state index in [1.807, 2.05) is 28.7 Å². The highest BCUT2D eigenvalue weighted by atomic mass is 16.3. The van der Waals surface area contributed by atoms with Crippen molar-refractivity contribution in [2.24, 2.45) is 0 Å². The lowest BCUT2D eigenvalue weighted by atomic mass is 10.1. The molecule has 0 radical (unpaired) electrons. The van der Waals surface area contributed by atoms with E-state index in [2.05, 4.69) is 15.3 Å². The standard InChI is InChI=1S/C17H14N4O2/c1-18-16-17-19-9-13(10-6-7-14(22)15(23)8-10)21(17)12-5-3-2-4-11(12)20-16/h2-9,22-23H,1H3,(H,18,20). The molecule has 0 aliphatic carbocycles. The second-order valence-corrected chi connectivity index (χ2v) is 5.21. The van der Waals surface area contributed by atoms with Gasteiger partial charge in [0.25, 0.3) is 0 Å². The first-order chi connectivity index (χ1) is 11.2. The molecule has 4 rings (SSSR count). The summed E-state index contributed by atoms with van der Waals surface area (Å²) in [7, 11) is 1.80. The summed E-state index contributed by atoms with van der Waals surface area (Å²) in [6, 6.07) is 12.5. The average molecular weight is 306 g/mol. The highest BCUT2D eigenvalue weighted by molar-refractivity contribution is 5.86. The van der Waals surface area contributed by atoms with Crippen molar-refractivity contribution >= 4 is 22.5 Å². The van der Waals surface area contributed by atoms with Crippen molar-refractivity contribution in [3.63, 3.8) is 0 Å². The monoisotopic (exact) mass is 306 g/mol.